The van der Waals surface area contributed by atoms with E-state index in [4.69, 9.17) is 0 Å². The first kappa shape index (κ1) is 29.0. The summed E-state index contributed by atoms with van der Waals surface area (Å²) in [5.74, 6) is 0. The third kappa shape index (κ3) is 4.20. The molecule has 12 rings (SSSR count). The van der Waals surface area contributed by atoms with Crippen molar-refractivity contribution in [1.29, 1.82) is 0 Å². The van der Waals surface area contributed by atoms with Crippen LogP contribution < -0.4 is 0 Å². The van der Waals surface area contributed by atoms with Gasteiger partial charge in [-0.25, -0.2) is 0 Å². The zero-order valence-corrected chi connectivity index (χ0v) is 29.4. The molecule has 2 nitrogen and oxygen atoms in total. The molecular weight excluding hydrogens is 661 g/mol. The summed E-state index contributed by atoms with van der Waals surface area (Å²) in [7, 11) is 0. The number of aromatic nitrogens is 2. The average molecular weight is 691 g/mol. The Morgan fingerprint density at radius 3 is 1.77 bits per heavy atom. The summed E-state index contributed by atoms with van der Waals surface area (Å²) in [5.41, 5.74) is 9.71. The lowest BCUT2D eigenvalue weighted by atomic mass is 10.0. The van der Waals surface area contributed by atoms with Gasteiger partial charge in [-0.2, -0.15) is 0 Å². The Balaban J connectivity index is 1.11. The van der Waals surface area contributed by atoms with E-state index in [0.717, 1.165) is 0 Å². The summed E-state index contributed by atoms with van der Waals surface area (Å²) >= 11 is 1.89. The number of para-hydroxylation sites is 1. The molecule has 3 heteroatoms. The molecule has 0 N–H and O–H groups in total. The fourth-order valence-corrected chi connectivity index (χ4v) is 9.95. The summed E-state index contributed by atoms with van der Waals surface area (Å²) in [6.07, 6.45) is 0. The van der Waals surface area contributed by atoms with Crippen molar-refractivity contribution in [3.05, 3.63) is 182 Å². The molecule has 0 aliphatic heterocycles. The Morgan fingerprint density at radius 2 is 0.925 bits per heavy atom. The van der Waals surface area contributed by atoms with Crippen molar-refractivity contribution < 1.29 is 0 Å². The van der Waals surface area contributed by atoms with Gasteiger partial charge in [-0.15, -0.1) is 11.3 Å². The maximum Gasteiger partial charge on any atom is 0.0548 e. The number of nitrogens with zero attached hydrogens (tertiary/aromatic N) is 2. The quantitative estimate of drug-likeness (QED) is 0.175. The molecule has 0 spiro atoms. The largest absolute Gasteiger partial charge is 0.309 e. The standard InChI is InChI=1S/C50H30N2S/c1-2-12-33-26-36(23-20-31(33)10-1)51-45-17-7-5-15-38(45)40-27-34(21-24-46(40)51)35-22-25-47-41(28-35)42-30-50-43(39-16-6-8-19-49(39)53-50)29-48(42)52(47)44-18-9-13-32-11-3-4-14-37(32)44/h1-30H. The van der Waals surface area contributed by atoms with E-state index in [2.05, 4.69) is 191 Å². The van der Waals surface area contributed by atoms with E-state index in [9.17, 15) is 0 Å². The van der Waals surface area contributed by atoms with Crippen molar-refractivity contribution in [2.75, 3.05) is 0 Å². The zero-order chi connectivity index (χ0) is 34.6. The first-order chi connectivity index (χ1) is 26.3. The van der Waals surface area contributed by atoms with Crippen LogP contribution in [0.3, 0.4) is 0 Å². The minimum atomic E-state index is 1.18. The summed E-state index contributed by atoms with van der Waals surface area (Å²) in [4.78, 5) is 0. The second kappa shape index (κ2) is 10.9. The van der Waals surface area contributed by atoms with Gasteiger partial charge in [0.25, 0.3) is 0 Å². The Kier molecular flexibility index (Phi) is 5.96. The molecule has 12 aromatic rings. The molecule has 0 amide bonds. The van der Waals surface area contributed by atoms with Gasteiger partial charge in [-0.1, -0.05) is 115 Å². The Bertz CT molecular complexity index is 3460. The van der Waals surface area contributed by atoms with Crippen molar-refractivity contribution in [2.24, 2.45) is 0 Å². The molecule has 0 atom stereocenters. The van der Waals surface area contributed by atoms with E-state index >= 15 is 0 Å². The minimum Gasteiger partial charge on any atom is -0.309 e. The third-order valence-electron chi connectivity index (χ3n) is 11.3. The highest BCUT2D eigenvalue weighted by molar-refractivity contribution is 7.25. The average Bonchev–Trinajstić information content (AvgIpc) is 3.86. The van der Waals surface area contributed by atoms with E-state index in [1.807, 2.05) is 11.3 Å². The molecule has 0 aliphatic carbocycles. The van der Waals surface area contributed by atoms with Crippen molar-refractivity contribution in [1.82, 2.24) is 9.13 Å². The van der Waals surface area contributed by atoms with Gasteiger partial charge < -0.3 is 9.13 Å². The van der Waals surface area contributed by atoms with Crippen LogP contribution in [0.4, 0.5) is 0 Å². The summed E-state index contributed by atoms with van der Waals surface area (Å²) in [6, 6.07) is 67.3. The van der Waals surface area contributed by atoms with Crippen molar-refractivity contribution >= 4 is 96.7 Å². The molecule has 3 aromatic heterocycles. The number of thiophene rings is 1. The Labute approximate surface area is 309 Å². The van der Waals surface area contributed by atoms with Crippen LogP contribution in [0.25, 0.3) is 108 Å². The van der Waals surface area contributed by atoms with E-state index in [0.29, 0.717) is 0 Å². The van der Waals surface area contributed by atoms with Gasteiger partial charge in [0.15, 0.2) is 0 Å². The Morgan fingerprint density at radius 1 is 0.302 bits per heavy atom. The van der Waals surface area contributed by atoms with Crippen LogP contribution >= 0.6 is 11.3 Å². The number of benzene rings is 9. The van der Waals surface area contributed by atoms with Gasteiger partial charge in [-0.05, 0) is 94.0 Å². The zero-order valence-electron chi connectivity index (χ0n) is 28.6. The van der Waals surface area contributed by atoms with Gasteiger partial charge >= 0.3 is 0 Å². The molecule has 3 heterocycles. The number of hydrogen-bond acceptors (Lipinski definition) is 1. The highest BCUT2D eigenvalue weighted by Gasteiger charge is 2.19. The van der Waals surface area contributed by atoms with Crippen LogP contribution in [-0.2, 0) is 0 Å². The first-order valence-corrected chi connectivity index (χ1v) is 19.0. The lowest BCUT2D eigenvalue weighted by molar-refractivity contribution is 1.19. The van der Waals surface area contributed by atoms with Crippen LogP contribution in [0.15, 0.2) is 182 Å². The maximum absolute atomic E-state index is 2.49. The molecule has 0 saturated heterocycles. The van der Waals surface area contributed by atoms with E-state index in [-0.39, 0.29) is 0 Å². The Hall–Kier alpha value is -6.68. The fraction of sp³-hybridized carbons (Fsp3) is 0. The van der Waals surface area contributed by atoms with Crippen molar-refractivity contribution in [3.8, 4) is 22.5 Å². The molecule has 0 aliphatic rings. The molecule has 0 radical (unpaired) electrons. The predicted molar refractivity (Wildman–Crippen MR) is 228 cm³/mol. The van der Waals surface area contributed by atoms with Crippen LogP contribution in [0.5, 0.6) is 0 Å². The van der Waals surface area contributed by atoms with Crippen LogP contribution in [-0.4, -0.2) is 9.13 Å². The molecular formula is C50H30N2S. The van der Waals surface area contributed by atoms with Crippen LogP contribution in [0.1, 0.15) is 0 Å². The molecule has 0 fully saturated rings. The summed E-state index contributed by atoms with van der Waals surface area (Å²) in [5, 5.41) is 12.7. The number of fused-ring (bicyclic) bond motifs is 11. The second-order valence-corrected chi connectivity index (χ2v) is 15.2. The monoisotopic (exact) mass is 690 g/mol. The molecule has 53 heavy (non-hydrogen) atoms. The van der Waals surface area contributed by atoms with Crippen molar-refractivity contribution in [2.45, 2.75) is 0 Å². The normalized spacial score (nSPS) is 12.2. The molecule has 0 unspecified atom stereocenters. The van der Waals surface area contributed by atoms with Gasteiger partial charge in [0.1, 0.15) is 0 Å². The topological polar surface area (TPSA) is 9.86 Å². The molecule has 9 aromatic carbocycles. The van der Waals surface area contributed by atoms with Gasteiger partial charge in [0.2, 0.25) is 0 Å². The summed E-state index contributed by atoms with van der Waals surface area (Å²) < 4.78 is 7.55. The van der Waals surface area contributed by atoms with E-state index in [1.165, 1.54) is 108 Å². The predicted octanol–water partition coefficient (Wildman–Crippen LogP) is 14.2. The van der Waals surface area contributed by atoms with E-state index in [1.54, 1.807) is 0 Å². The lowest BCUT2D eigenvalue weighted by Crippen LogP contribution is -1.95. The first-order valence-electron chi connectivity index (χ1n) is 18.2. The molecule has 0 saturated carbocycles. The molecule has 0 bridgehead atoms. The highest BCUT2D eigenvalue weighted by atomic mass is 32.1. The molecule has 246 valence electrons. The minimum absolute atomic E-state index is 1.18. The summed E-state index contributed by atoms with van der Waals surface area (Å²) in [6.45, 7) is 0. The smallest absolute Gasteiger partial charge is 0.0548 e. The fourth-order valence-electron chi connectivity index (χ4n) is 8.83. The van der Waals surface area contributed by atoms with Gasteiger partial charge in [-0.3, -0.25) is 0 Å². The number of rotatable bonds is 3. The highest BCUT2D eigenvalue weighted by Crippen LogP contribution is 2.43. The second-order valence-electron chi connectivity index (χ2n) is 14.1. The van der Waals surface area contributed by atoms with Gasteiger partial charge in [0, 0.05) is 52.8 Å². The number of hydrogen-bond donors (Lipinski definition) is 0. The SMILES string of the molecule is c1ccc2cc(-n3c4ccccc4c4cc(-c5ccc6c(c5)c5cc7sc8ccccc8c7cc5n6-c5cccc6ccccc56)ccc43)ccc2c1. The van der Waals surface area contributed by atoms with Crippen LogP contribution in [0.2, 0.25) is 0 Å². The lowest BCUT2D eigenvalue weighted by Gasteiger charge is -2.12. The maximum atomic E-state index is 2.49. The van der Waals surface area contributed by atoms with E-state index < -0.39 is 0 Å². The van der Waals surface area contributed by atoms with Crippen molar-refractivity contribution in [3.63, 3.8) is 0 Å². The van der Waals surface area contributed by atoms with Crippen LogP contribution in [0, 0.1) is 0 Å². The van der Waals surface area contributed by atoms with Gasteiger partial charge in [0.05, 0.1) is 27.8 Å². The third-order valence-corrected chi connectivity index (χ3v) is 12.4.